The summed E-state index contributed by atoms with van der Waals surface area (Å²) >= 11 is 0. The molecule has 0 atom stereocenters. The molecule has 2 aromatic rings. The number of piperazine rings is 1. The summed E-state index contributed by atoms with van der Waals surface area (Å²) in [6.45, 7) is 2.47. The molecule has 29 heavy (non-hydrogen) atoms. The van der Waals surface area contributed by atoms with Gasteiger partial charge in [0.25, 0.3) is 11.8 Å². The topological polar surface area (TPSA) is 94.3 Å². The van der Waals surface area contributed by atoms with Crippen LogP contribution in [0.25, 0.3) is 0 Å². The number of benzene rings is 2. The molecule has 0 spiro atoms. The summed E-state index contributed by atoms with van der Waals surface area (Å²) in [7, 11) is 3.12. The van der Waals surface area contributed by atoms with Crippen LogP contribution in [0.3, 0.4) is 0 Å². The van der Waals surface area contributed by atoms with Crippen molar-refractivity contribution in [3.05, 3.63) is 48.0 Å². The quantitative estimate of drug-likeness (QED) is 0.759. The summed E-state index contributed by atoms with van der Waals surface area (Å²) in [6.07, 6.45) is 0. The fourth-order valence-corrected chi connectivity index (χ4v) is 3.21. The van der Waals surface area contributed by atoms with E-state index < -0.39 is 5.91 Å². The first-order valence-corrected chi connectivity index (χ1v) is 9.29. The van der Waals surface area contributed by atoms with Gasteiger partial charge in [-0.15, -0.1) is 0 Å². The van der Waals surface area contributed by atoms with Crippen molar-refractivity contribution in [1.29, 1.82) is 0 Å². The van der Waals surface area contributed by atoms with Gasteiger partial charge in [0.2, 0.25) is 0 Å². The van der Waals surface area contributed by atoms with Crippen molar-refractivity contribution in [2.75, 3.05) is 51.9 Å². The minimum absolute atomic E-state index is 0.0702. The van der Waals surface area contributed by atoms with E-state index in [0.717, 1.165) is 24.5 Å². The number of amides is 2. The second-order valence-electron chi connectivity index (χ2n) is 6.60. The first kappa shape index (κ1) is 20.3. The summed E-state index contributed by atoms with van der Waals surface area (Å²) in [5, 5.41) is 0. The third-order valence-electron chi connectivity index (χ3n) is 4.78. The Kier molecular flexibility index (Phi) is 6.43. The Hall–Kier alpha value is -3.42. The Morgan fingerprint density at radius 3 is 2.21 bits per heavy atom. The Morgan fingerprint density at radius 2 is 1.62 bits per heavy atom. The zero-order chi connectivity index (χ0) is 20.8. The number of carbonyl (C=O) groups is 2. The molecule has 8 heteroatoms. The molecular formula is C21H25N3O5. The average molecular weight is 399 g/mol. The normalized spacial score (nSPS) is 13.7. The average Bonchev–Trinajstić information content (AvgIpc) is 2.77. The minimum Gasteiger partial charge on any atom is -0.497 e. The second-order valence-corrected chi connectivity index (χ2v) is 6.60. The monoisotopic (exact) mass is 399 g/mol. The van der Waals surface area contributed by atoms with Crippen molar-refractivity contribution in [2.24, 2.45) is 5.73 Å². The van der Waals surface area contributed by atoms with Crippen LogP contribution in [0.4, 0.5) is 5.69 Å². The van der Waals surface area contributed by atoms with Gasteiger partial charge >= 0.3 is 0 Å². The van der Waals surface area contributed by atoms with Gasteiger partial charge in [-0.3, -0.25) is 9.59 Å². The second kappa shape index (κ2) is 9.18. The molecule has 0 saturated carbocycles. The Labute approximate surface area is 169 Å². The molecule has 0 bridgehead atoms. The van der Waals surface area contributed by atoms with Gasteiger partial charge in [-0.25, -0.2) is 0 Å². The number of primary amides is 1. The molecule has 1 aliphatic heterocycles. The molecule has 2 aromatic carbocycles. The number of hydrogen-bond donors (Lipinski definition) is 1. The highest BCUT2D eigenvalue weighted by Crippen LogP contribution is 2.29. The third kappa shape index (κ3) is 4.90. The largest absolute Gasteiger partial charge is 0.497 e. The van der Waals surface area contributed by atoms with E-state index in [9.17, 15) is 9.59 Å². The van der Waals surface area contributed by atoms with Crippen LogP contribution in [-0.2, 0) is 4.79 Å². The zero-order valence-electron chi connectivity index (χ0n) is 16.6. The van der Waals surface area contributed by atoms with Gasteiger partial charge in [0.05, 0.1) is 14.2 Å². The summed E-state index contributed by atoms with van der Waals surface area (Å²) in [5.41, 5.74) is 6.71. The SMILES string of the molecule is COc1ccc(N2CCN(C(=O)c3ccc(OCC(N)=O)c(OC)c3)CC2)cc1. The molecule has 0 unspecified atom stereocenters. The van der Waals surface area contributed by atoms with Gasteiger partial charge in [0.1, 0.15) is 5.75 Å². The lowest BCUT2D eigenvalue weighted by atomic mass is 10.1. The molecular weight excluding hydrogens is 374 g/mol. The molecule has 3 rings (SSSR count). The van der Waals surface area contributed by atoms with Crippen molar-refractivity contribution in [3.8, 4) is 17.2 Å². The van der Waals surface area contributed by atoms with Crippen LogP contribution in [0.5, 0.6) is 17.2 Å². The lowest BCUT2D eigenvalue weighted by Gasteiger charge is -2.36. The molecule has 1 aliphatic rings. The van der Waals surface area contributed by atoms with Crippen LogP contribution >= 0.6 is 0 Å². The fraction of sp³-hybridized carbons (Fsp3) is 0.333. The minimum atomic E-state index is -0.582. The maximum Gasteiger partial charge on any atom is 0.255 e. The van der Waals surface area contributed by atoms with Gasteiger partial charge in [-0.2, -0.15) is 0 Å². The van der Waals surface area contributed by atoms with Crippen LogP contribution in [0.1, 0.15) is 10.4 Å². The van der Waals surface area contributed by atoms with Gasteiger partial charge in [0, 0.05) is 37.4 Å². The number of hydrogen-bond acceptors (Lipinski definition) is 6. The number of anilines is 1. The lowest BCUT2D eigenvalue weighted by Crippen LogP contribution is -2.48. The van der Waals surface area contributed by atoms with Gasteiger partial charge in [-0.05, 0) is 42.5 Å². The maximum atomic E-state index is 12.9. The predicted octanol–water partition coefficient (Wildman–Crippen LogP) is 1.53. The van der Waals surface area contributed by atoms with Crippen LogP contribution in [0.2, 0.25) is 0 Å². The number of nitrogens with two attached hydrogens (primary N) is 1. The predicted molar refractivity (Wildman–Crippen MR) is 109 cm³/mol. The molecule has 2 amide bonds. The first-order valence-electron chi connectivity index (χ1n) is 9.29. The van der Waals surface area contributed by atoms with Gasteiger partial charge < -0.3 is 29.7 Å². The molecule has 2 N–H and O–H groups in total. The molecule has 0 aromatic heterocycles. The number of ether oxygens (including phenoxy) is 3. The van der Waals surface area contributed by atoms with E-state index in [2.05, 4.69) is 4.90 Å². The first-order chi connectivity index (χ1) is 14.0. The molecule has 1 fully saturated rings. The third-order valence-corrected chi connectivity index (χ3v) is 4.78. The Morgan fingerprint density at radius 1 is 0.931 bits per heavy atom. The standard InChI is InChI=1S/C21H25N3O5/c1-27-17-6-4-16(5-7-17)23-9-11-24(12-10-23)21(26)15-3-8-18(19(13-15)28-2)29-14-20(22)25/h3-8,13H,9-12,14H2,1-2H3,(H2,22,25). The number of nitrogens with zero attached hydrogens (tertiary/aromatic N) is 2. The molecule has 0 radical (unpaired) electrons. The van der Waals surface area contributed by atoms with Crippen LogP contribution < -0.4 is 24.8 Å². The summed E-state index contributed by atoms with van der Waals surface area (Å²) in [6, 6.07) is 12.8. The van der Waals surface area contributed by atoms with Crippen LogP contribution in [0, 0.1) is 0 Å². The number of carbonyl (C=O) groups excluding carboxylic acids is 2. The van der Waals surface area contributed by atoms with E-state index in [1.54, 1.807) is 25.3 Å². The highest BCUT2D eigenvalue weighted by atomic mass is 16.5. The van der Waals surface area contributed by atoms with E-state index in [1.165, 1.54) is 7.11 Å². The Bertz CT molecular complexity index is 861. The molecule has 8 nitrogen and oxygen atoms in total. The smallest absolute Gasteiger partial charge is 0.255 e. The lowest BCUT2D eigenvalue weighted by molar-refractivity contribution is -0.119. The van der Waals surface area contributed by atoms with E-state index >= 15 is 0 Å². The van der Waals surface area contributed by atoms with Crippen molar-refractivity contribution in [1.82, 2.24) is 4.90 Å². The van der Waals surface area contributed by atoms with E-state index in [0.29, 0.717) is 30.2 Å². The van der Waals surface area contributed by atoms with E-state index in [1.807, 2.05) is 29.2 Å². The van der Waals surface area contributed by atoms with Crippen molar-refractivity contribution in [2.45, 2.75) is 0 Å². The highest BCUT2D eigenvalue weighted by Gasteiger charge is 2.23. The zero-order valence-corrected chi connectivity index (χ0v) is 16.6. The van der Waals surface area contributed by atoms with Crippen LogP contribution in [0.15, 0.2) is 42.5 Å². The number of rotatable bonds is 7. The molecule has 154 valence electrons. The van der Waals surface area contributed by atoms with Crippen molar-refractivity contribution in [3.63, 3.8) is 0 Å². The van der Waals surface area contributed by atoms with Gasteiger partial charge in [0.15, 0.2) is 18.1 Å². The molecule has 1 saturated heterocycles. The van der Waals surface area contributed by atoms with E-state index in [-0.39, 0.29) is 12.5 Å². The fourth-order valence-electron chi connectivity index (χ4n) is 3.21. The highest BCUT2D eigenvalue weighted by molar-refractivity contribution is 5.95. The summed E-state index contributed by atoms with van der Waals surface area (Å²) < 4.78 is 15.8. The number of methoxy groups -OCH3 is 2. The summed E-state index contributed by atoms with van der Waals surface area (Å²) in [4.78, 5) is 27.9. The van der Waals surface area contributed by atoms with Crippen molar-refractivity contribution >= 4 is 17.5 Å². The van der Waals surface area contributed by atoms with Crippen LogP contribution in [-0.4, -0.2) is 63.7 Å². The van der Waals surface area contributed by atoms with E-state index in [4.69, 9.17) is 19.9 Å². The van der Waals surface area contributed by atoms with Gasteiger partial charge in [-0.1, -0.05) is 0 Å². The maximum absolute atomic E-state index is 12.9. The molecule has 1 heterocycles. The molecule has 0 aliphatic carbocycles. The summed E-state index contributed by atoms with van der Waals surface area (Å²) in [5.74, 6) is 0.918. The Balaban J connectivity index is 1.63. The van der Waals surface area contributed by atoms with Crippen molar-refractivity contribution < 1.29 is 23.8 Å².